The number of rotatable bonds is 6. The highest BCUT2D eigenvalue weighted by Gasteiger charge is 2.10. The van der Waals surface area contributed by atoms with Gasteiger partial charge in [0.05, 0.1) is 0 Å². The number of hydrogen-bond donors (Lipinski definition) is 2. The average Bonchev–Trinajstić information content (AvgIpc) is 2.58. The molecule has 0 aliphatic rings. The standard InChI is InChI=1S/C17H19ClF2N4O.HI/c1-11-3-5-14(25-16(19)20)13(7-11)10-24-17(21-2)23-9-12-4-6-15(18)22-8-12;/h3-8,16H,9-10H2,1-2H3,(H2,21,23,24);1H. The highest BCUT2D eigenvalue weighted by molar-refractivity contribution is 14.0. The van der Waals surface area contributed by atoms with E-state index in [2.05, 4.69) is 25.3 Å². The minimum Gasteiger partial charge on any atom is -0.434 e. The van der Waals surface area contributed by atoms with Crippen molar-refractivity contribution in [3.63, 3.8) is 0 Å². The van der Waals surface area contributed by atoms with Crippen LogP contribution in [0, 0.1) is 6.92 Å². The van der Waals surface area contributed by atoms with Gasteiger partial charge in [-0.1, -0.05) is 35.4 Å². The maximum absolute atomic E-state index is 12.5. The number of pyridine rings is 1. The van der Waals surface area contributed by atoms with E-state index in [0.29, 0.717) is 29.8 Å². The minimum absolute atomic E-state index is 0. The molecule has 2 rings (SSSR count). The number of nitrogens with zero attached hydrogens (tertiary/aromatic N) is 2. The second kappa shape index (κ2) is 11.1. The van der Waals surface area contributed by atoms with Crippen LogP contribution in [0.15, 0.2) is 41.5 Å². The Labute approximate surface area is 173 Å². The fourth-order valence-electron chi connectivity index (χ4n) is 2.15. The molecule has 1 heterocycles. The zero-order valence-electron chi connectivity index (χ0n) is 14.3. The van der Waals surface area contributed by atoms with Gasteiger partial charge in [-0.05, 0) is 24.6 Å². The molecule has 1 aromatic heterocycles. The summed E-state index contributed by atoms with van der Waals surface area (Å²) in [5, 5.41) is 6.62. The van der Waals surface area contributed by atoms with E-state index in [1.54, 1.807) is 31.4 Å². The highest BCUT2D eigenvalue weighted by atomic mass is 127. The molecule has 0 radical (unpaired) electrons. The molecule has 2 N–H and O–H groups in total. The number of ether oxygens (including phenoxy) is 1. The van der Waals surface area contributed by atoms with Crippen LogP contribution < -0.4 is 15.4 Å². The summed E-state index contributed by atoms with van der Waals surface area (Å²) in [6.45, 7) is -0.187. The average molecular weight is 497 g/mol. The van der Waals surface area contributed by atoms with E-state index in [0.717, 1.165) is 11.1 Å². The minimum atomic E-state index is -2.86. The third kappa shape index (κ3) is 7.28. The van der Waals surface area contributed by atoms with E-state index in [-0.39, 0.29) is 29.7 Å². The molecule has 1 aromatic carbocycles. The van der Waals surface area contributed by atoms with Crippen molar-refractivity contribution in [3.8, 4) is 5.75 Å². The van der Waals surface area contributed by atoms with Crippen LogP contribution in [0.25, 0.3) is 0 Å². The van der Waals surface area contributed by atoms with Crippen molar-refractivity contribution >= 4 is 41.5 Å². The highest BCUT2D eigenvalue weighted by Crippen LogP contribution is 2.21. The van der Waals surface area contributed by atoms with Crippen LogP contribution in [0.2, 0.25) is 5.15 Å². The predicted molar refractivity (Wildman–Crippen MR) is 110 cm³/mol. The number of aryl methyl sites for hydroxylation is 1. The fourth-order valence-corrected chi connectivity index (χ4v) is 2.27. The zero-order chi connectivity index (χ0) is 18.2. The molecule has 26 heavy (non-hydrogen) atoms. The molecule has 9 heteroatoms. The SMILES string of the molecule is CN=C(NCc1ccc(Cl)nc1)NCc1cc(C)ccc1OC(F)F.I. The van der Waals surface area contributed by atoms with Gasteiger partial charge in [0.1, 0.15) is 10.9 Å². The van der Waals surface area contributed by atoms with Gasteiger partial charge < -0.3 is 15.4 Å². The van der Waals surface area contributed by atoms with Gasteiger partial charge in [-0.15, -0.1) is 24.0 Å². The van der Waals surface area contributed by atoms with Crippen molar-refractivity contribution in [2.24, 2.45) is 4.99 Å². The summed E-state index contributed by atoms with van der Waals surface area (Å²) < 4.78 is 29.6. The molecule has 0 aliphatic heterocycles. The summed E-state index contributed by atoms with van der Waals surface area (Å²) in [5.41, 5.74) is 2.51. The molecule has 5 nitrogen and oxygen atoms in total. The Kier molecular flexibility index (Phi) is 9.57. The first-order chi connectivity index (χ1) is 12.0. The molecule has 142 valence electrons. The van der Waals surface area contributed by atoms with Crippen LogP contribution in [-0.2, 0) is 13.1 Å². The zero-order valence-corrected chi connectivity index (χ0v) is 17.4. The van der Waals surface area contributed by atoms with Crippen molar-refractivity contribution in [3.05, 3.63) is 58.4 Å². The number of aliphatic imine (C=N–C) groups is 1. The van der Waals surface area contributed by atoms with Crippen molar-refractivity contribution in [2.45, 2.75) is 26.6 Å². The third-order valence-electron chi connectivity index (χ3n) is 3.35. The van der Waals surface area contributed by atoms with Crippen LogP contribution in [-0.4, -0.2) is 24.6 Å². The number of aromatic nitrogens is 1. The summed E-state index contributed by atoms with van der Waals surface area (Å²) in [7, 11) is 1.63. The lowest BCUT2D eigenvalue weighted by Gasteiger charge is -2.15. The van der Waals surface area contributed by atoms with Crippen LogP contribution >= 0.6 is 35.6 Å². The molecule has 0 atom stereocenters. The number of hydrogen-bond acceptors (Lipinski definition) is 3. The Morgan fingerprint density at radius 2 is 1.96 bits per heavy atom. The van der Waals surface area contributed by atoms with Crippen molar-refractivity contribution in [1.82, 2.24) is 15.6 Å². The Hall–Kier alpha value is -1.68. The topological polar surface area (TPSA) is 58.5 Å². The Balaban J connectivity index is 0.00000338. The lowest BCUT2D eigenvalue weighted by atomic mass is 10.1. The van der Waals surface area contributed by atoms with E-state index in [4.69, 9.17) is 11.6 Å². The first kappa shape index (κ1) is 22.4. The molecule has 0 unspecified atom stereocenters. The molecular weight excluding hydrogens is 477 g/mol. The van der Waals surface area contributed by atoms with Crippen LogP contribution in [0.4, 0.5) is 8.78 Å². The van der Waals surface area contributed by atoms with Gasteiger partial charge in [0, 0.05) is 31.9 Å². The summed E-state index contributed by atoms with van der Waals surface area (Å²) in [5.74, 6) is 0.671. The first-order valence-electron chi connectivity index (χ1n) is 7.57. The number of benzene rings is 1. The van der Waals surface area contributed by atoms with E-state index < -0.39 is 6.61 Å². The third-order valence-corrected chi connectivity index (χ3v) is 3.57. The predicted octanol–water partition coefficient (Wildman–Crippen LogP) is 4.13. The van der Waals surface area contributed by atoms with Crippen molar-refractivity contribution in [1.29, 1.82) is 0 Å². The molecule has 0 bridgehead atoms. The molecular formula is C17H20ClF2IN4O. The van der Waals surface area contributed by atoms with E-state index >= 15 is 0 Å². The summed E-state index contributed by atoms with van der Waals surface area (Å²) >= 11 is 5.75. The van der Waals surface area contributed by atoms with E-state index in [1.807, 2.05) is 13.0 Å². The molecule has 0 spiro atoms. The van der Waals surface area contributed by atoms with Gasteiger partial charge in [0.25, 0.3) is 0 Å². The largest absolute Gasteiger partial charge is 0.434 e. The Bertz CT molecular complexity index is 729. The quantitative estimate of drug-likeness (QED) is 0.273. The maximum atomic E-state index is 12.5. The van der Waals surface area contributed by atoms with Crippen molar-refractivity contribution < 1.29 is 13.5 Å². The van der Waals surface area contributed by atoms with Gasteiger partial charge in [-0.3, -0.25) is 4.99 Å². The van der Waals surface area contributed by atoms with Gasteiger partial charge in [0.2, 0.25) is 0 Å². The molecule has 0 saturated carbocycles. The molecule has 2 aromatic rings. The van der Waals surface area contributed by atoms with Gasteiger partial charge >= 0.3 is 6.61 Å². The monoisotopic (exact) mass is 496 g/mol. The summed E-state index contributed by atoms with van der Waals surface area (Å²) in [6, 6.07) is 8.61. The molecule has 0 amide bonds. The fraction of sp³-hybridized carbons (Fsp3) is 0.294. The van der Waals surface area contributed by atoms with E-state index in [1.165, 1.54) is 6.07 Å². The first-order valence-corrected chi connectivity index (χ1v) is 7.95. The number of alkyl halides is 2. The van der Waals surface area contributed by atoms with Crippen LogP contribution in [0.3, 0.4) is 0 Å². The Morgan fingerprint density at radius 1 is 1.23 bits per heavy atom. The van der Waals surface area contributed by atoms with Gasteiger partial charge in [0.15, 0.2) is 5.96 Å². The summed E-state index contributed by atoms with van der Waals surface area (Å²) in [4.78, 5) is 8.11. The summed E-state index contributed by atoms with van der Waals surface area (Å²) in [6.07, 6.45) is 1.66. The van der Waals surface area contributed by atoms with E-state index in [9.17, 15) is 8.78 Å². The Morgan fingerprint density at radius 3 is 2.58 bits per heavy atom. The maximum Gasteiger partial charge on any atom is 0.387 e. The van der Waals surface area contributed by atoms with Gasteiger partial charge in [-0.2, -0.15) is 8.78 Å². The number of nitrogens with one attached hydrogen (secondary N) is 2. The number of guanidine groups is 1. The van der Waals surface area contributed by atoms with Crippen molar-refractivity contribution in [2.75, 3.05) is 7.05 Å². The molecule has 0 saturated heterocycles. The second-order valence-electron chi connectivity index (χ2n) is 5.26. The normalized spacial score (nSPS) is 11.1. The second-order valence-corrected chi connectivity index (χ2v) is 5.65. The lowest BCUT2D eigenvalue weighted by molar-refractivity contribution is -0.0504. The lowest BCUT2D eigenvalue weighted by Crippen LogP contribution is -2.36. The number of halogens is 4. The molecule has 0 aliphatic carbocycles. The molecule has 0 fully saturated rings. The van der Waals surface area contributed by atoms with Crippen LogP contribution in [0.1, 0.15) is 16.7 Å². The van der Waals surface area contributed by atoms with Crippen LogP contribution in [0.5, 0.6) is 5.75 Å². The smallest absolute Gasteiger partial charge is 0.387 e. The van der Waals surface area contributed by atoms with Gasteiger partial charge in [-0.25, -0.2) is 4.98 Å².